The number of allylic oxidation sites excluding steroid dienone is 1. The Bertz CT molecular complexity index is 1310. The number of fused-ring (bicyclic) bond motifs is 1. The average Bonchev–Trinajstić information content (AvgIpc) is 3.13. The summed E-state index contributed by atoms with van der Waals surface area (Å²) >= 11 is 0. The van der Waals surface area contributed by atoms with Crippen molar-refractivity contribution in [1.29, 1.82) is 0 Å². The first-order valence-corrected chi connectivity index (χ1v) is 11.8. The molecule has 35 heavy (non-hydrogen) atoms. The van der Waals surface area contributed by atoms with Gasteiger partial charge in [-0.05, 0) is 59.9 Å². The molecule has 2 saturated heterocycles. The molecule has 0 saturated carbocycles. The lowest BCUT2D eigenvalue weighted by atomic mass is 9.64. The number of nitrogens with zero attached hydrogens (tertiary/aromatic N) is 2. The van der Waals surface area contributed by atoms with E-state index in [9.17, 15) is 19.2 Å². The quantitative estimate of drug-likeness (QED) is 0.691. The highest BCUT2D eigenvalue weighted by molar-refractivity contribution is 6.06. The molecule has 0 radical (unpaired) electrons. The number of piperidine rings is 1. The normalized spacial score (nSPS) is 22.3. The largest absolute Gasteiger partial charge is 0.497 e. The number of benzene rings is 2. The summed E-state index contributed by atoms with van der Waals surface area (Å²) < 4.78 is 5.22. The van der Waals surface area contributed by atoms with E-state index < -0.39 is 11.9 Å². The van der Waals surface area contributed by atoms with Crippen molar-refractivity contribution in [3.63, 3.8) is 0 Å². The first-order valence-electron chi connectivity index (χ1n) is 11.8. The summed E-state index contributed by atoms with van der Waals surface area (Å²) in [6, 6.07) is 12.5. The minimum Gasteiger partial charge on any atom is -0.497 e. The maximum Gasteiger partial charge on any atom is 0.255 e. The van der Waals surface area contributed by atoms with Crippen LogP contribution in [0.25, 0.3) is 5.57 Å². The Labute approximate surface area is 202 Å². The molecule has 1 unspecified atom stereocenters. The molecule has 6 rings (SSSR count). The van der Waals surface area contributed by atoms with Crippen LogP contribution in [-0.4, -0.2) is 59.7 Å². The Kier molecular flexibility index (Phi) is 4.81. The lowest BCUT2D eigenvalue weighted by molar-refractivity contribution is -0.136. The van der Waals surface area contributed by atoms with Gasteiger partial charge in [0.1, 0.15) is 11.8 Å². The fourth-order valence-corrected chi connectivity index (χ4v) is 5.66. The monoisotopic (exact) mass is 471 g/mol. The standard InChI is InChI=1S/C27H25N3O5/c1-35-20-5-2-16(3-6-20)19-11-27(12-19)14-29(15-27)25(33)17-4-7-21-18(10-17)13-30(26(21)34)22-8-9-23(31)28-24(22)32/h2-7,10-11,22H,8-9,12-15H2,1H3,(H,28,31,32). The minimum absolute atomic E-state index is 0.0448. The van der Waals surface area contributed by atoms with Gasteiger partial charge in [-0.25, -0.2) is 0 Å². The fraction of sp³-hybridized carbons (Fsp3) is 0.333. The Hall–Kier alpha value is -3.94. The van der Waals surface area contributed by atoms with Crippen molar-refractivity contribution in [2.75, 3.05) is 20.2 Å². The minimum atomic E-state index is -0.660. The summed E-state index contributed by atoms with van der Waals surface area (Å²) in [7, 11) is 1.65. The number of hydrogen-bond donors (Lipinski definition) is 1. The van der Waals surface area contributed by atoms with E-state index in [1.165, 1.54) is 16.0 Å². The maximum absolute atomic E-state index is 13.1. The van der Waals surface area contributed by atoms with E-state index in [0.717, 1.165) is 17.7 Å². The first-order chi connectivity index (χ1) is 16.9. The third kappa shape index (κ3) is 3.51. The number of imide groups is 1. The van der Waals surface area contributed by atoms with Crippen LogP contribution in [0.4, 0.5) is 0 Å². The maximum atomic E-state index is 13.1. The topological polar surface area (TPSA) is 96.0 Å². The zero-order chi connectivity index (χ0) is 24.3. The molecule has 2 fully saturated rings. The van der Waals surface area contributed by atoms with E-state index in [-0.39, 0.29) is 36.1 Å². The molecule has 2 aromatic rings. The van der Waals surface area contributed by atoms with E-state index in [4.69, 9.17) is 4.74 Å². The van der Waals surface area contributed by atoms with Crippen LogP contribution < -0.4 is 10.1 Å². The number of carbonyl (C=O) groups excluding carboxylic acids is 4. The molecule has 1 atom stereocenters. The van der Waals surface area contributed by atoms with Crippen molar-refractivity contribution in [2.24, 2.45) is 5.41 Å². The molecule has 178 valence electrons. The number of carbonyl (C=O) groups is 4. The Balaban J connectivity index is 1.11. The molecule has 3 heterocycles. The fourth-order valence-electron chi connectivity index (χ4n) is 5.66. The zero-order valence-corrected chi connectivity index (χ0v) is 19.4. The van der Waals surface area contributed by atoms with Gasteiger partial charge in [0.05, 0.1) is 7.11 Å². The van der Waals surface area contributed by atoms with Crippen molar-refractivity contribution in [3.8, 4) is 5.75 Å². The average molecular weight is 472 g/mol. The summed E-state index contributed by atoms with van der Waals surface area (Å²) in [5.74, 6) is -0.195. The van der Waals surface area contributed by atoms with Crippen LogP contribution in [0.1, 0.15) is 51.1 Å². The van der Waals surface area contributed by atoms with E-state index in [1.54, 1.807) is 25.3 Å². The van der Waals surface area contributed by atoms with Crippen LogP contribution in [-0.2, 0) is 16.1 Å². The molecule has 1 aliphatic carbocycles. The van der Waals surface area contributed by atoms with Gasteiger partial charge >= 0.3 is 0 Å². The van der Waals surface area contributed by atoms with Gasteiger partial charge in [0.25, 0.3) is 11.8 Å². The Morgan fingerprint density at radius 1 is 1.09 bits per heavy atom. The van der Waals surface area contributed by atoms with Gasteiger partial charge in [-0.15, -0.1) is 0 Å². The molecule has 8 heteroatoms. The van der Waals surface area contributed by atoms with Crippen LogP contribution in [0.2, 0.25) is 0 Å². The summed E-state index contributed by atoms with van der Waals surface area (Å²) in [6.45, 7) is 1.63. The summed E-state index contributed by atoms with van der Waals surface area (Å²) in [6.07, 6.45) is 3.75. The second-order valence-electron chi connectivity index (χ2n) is 9.87. The van der Waals surface area contributed by atoms with Crippen molar-refractivity contribution >= 4 is 29.2 Å². The molecule has 8 nitrogen and oxygen atoms in total. The number of likely N-dealkylation sites (tertiary alicyclic amines) is 1. The smallest absolute Gasteiger partial charge is 0.255 e. The highest BCUT2D eigenvalue weighted by Crippen LogP contribution is 2.50. The first kappa shape index (κ1) is 21.6. The van der Waals surface area contributed by atoms with Crippen molar-refractivity contribution in [1.82, 2.24) is 15.1 Å². The lowest BCUT2D eigenvalue weighted by Crippen LogP contribution is -2.60. The number of hydrogen-bond acceptors (Lipinski definition) is 5. The highest BCUT2D eigenvalue weighted by Gasteiger charge is 2.49. The van der Waals surface area contributed by atoms with E-state index in [2.05, 4.69) is 23.5 Å². The van der Waals surface area contributed by atoms with Gasteiger partial charge in [0.15, 0.2) is 0 Å². The number of methoxy groups -OCH3 is 1. The third-order valence-electron chi connectivity index (χ3n) is 7.55. The lowest BCUT2D eigenvalue weighted by Gasteiger charge is -2.54. The Morgan fingerprint density at radius 3 is 2.51 bits per heavy atom. The second-order valence-corrected chi connectivity index (χ2v) is 9.87. The van der Waals surface area contributed by atoms with Crippen molar-refractivity contribution < 1.29 is 23.9 Å². The van der Waals surface area contributed by atoms with Gasteiger partial charge in [-0.1, -0.05) is 18.2 Å². The number of amides is 4. The van der Waals surface area contributed by atoms with Crippen LogP contribution in [0, 0.1) is 5.41 Å². The van der Waals surface area contributed by atoms with Gasteiger partial charge in [-0.3, -0.25) is 24.5 Å². The SMILES string of the molecule is COc1ccc(C2=CC3(C2)CN(C(=O)c2ccc4c(c2)CN(C2CCC(=O)NC2=O)C4=O)C3)cc1. The van der Waals surface area contributed by atoms with Crippen LogP contribution in [0.3, 0.4) is 0 Å². The van der Waals surface area contributed by atoms with Gasteiger partial charge < -0.3 is 14.5 Å². The van der Waals surface area contributed by atoms with Gasteiger partial charge in [-0.2, -0.15) is 0 Å². The molecule has 2 aromatic carbocycles. The van der Waals surface area contributed by atoms with Crippen LogP contribution in [0.5, 0.6) is 5.75 Å². The predicted octanol–water partition coefficient (Wildman–Crippen LogP) is 2.39. The summed E-state index contributed by atoms with van der Waals surface area (Å²) in [5.41, 5.74) is 4.34. The number of ether oxygens (including phenoxy) is 1. The molecule has 1 N–H and O–H groups in total. The predicted molar refractivity (Wildman–Crippen MR) is 126 cm³/mol. The molecule has 0 bridgehead atoms. The number of rotatable bonds is 4. The highest BCUT2D eigenvalue weighted by atomic mass is 16.5. The molecule has 3 aliphatic heterocycles. The zero-order valence-electron chi connectivity index (χ0n) is 19.4. The van der Waals surface area contributed by atoms with E-state index in [1.807, 2.05) is 17.0 Å². The Morgan fingerprint density at radius 2 is 1.83 bits per heavy atom. The van der Waals surface area contributed by atoms with E-state index >= 15 is 0 Å². The second kappa shape index (κ2) is 7.80. The van der Waals surface area contributed by atoms with Crippen LogP contribution >= 0.6 is 0 Å². The van der Waals surface area contributed by atoms with Crippen LogP contribution in [0.15, 0.2) is 48.5 Å². The van der Waals surface area contributed by atoms with E-state index in [0.29, 0.717) is 30.6 Å². The van der Waals surface area contributed by atoms with Crippen molar-refractivity contribution in [3.05, 3.63) is 70.8 Å². The molecule has 4 aliphatic rings. The van der Waals surface area contributed by atoms with Crippen molar-refractivity contribution in [2.45, 2.75) is 31.8 Å². The molecular weight excluding hydrogens is 446 g/mol. The summed E-state index contributed by atoms with van der Waals surface area (Å²) in [4.78, 5) is 53.0. The molecule has 1 spiro atoms. The number of nitrogens with one attached hydrogen (secondary N) is 1. The van der Waals surface area contributed by atoms with Gasteiger partial charge in [0.2, 0.25) is 11.8 Å². The summed E-state index contributed by atoms with van der Waals surface area (Å²) in [5, 5.41) is 2.31. The molecular formula is C27H25N3O5. The van der Waals surface area contributed by atoms with Gasteiger partial charge in [0, 0.05) is 42.6 Å². The molecule has 0 aromatic heterocycles. The molecule has 4 amide bonds. The third-order valence-corrected chi connectivity index (χ3v) is 7.55.